The molecule has 1 heterocycles. The third kappa shape index (κ3) is 5.46. The third-order valence-electron chi connectivity index (χ3n) is 4.89. The van der Waals surface area contributed by atoms with Crippen molar-refractivity contribution in [1.29, 1.82) is 0 Å². The highest BCUT2D eigenvalue weighted by Crippen LogP contribution is 2.40. The van der Waals surface area contributed by atoms with Crippen molar-refractivity contribution in [1.82, 2.24) is 20.4 Å². The van der Waals surface area contributed by atoms with E-state index in [-0.39, 0.29) is 29.8 Å². The van der Waals surface area contributed by atoms with E-state index < -0.39 is 0 Å². The number of likely N-dealkylation sites (N-methyl/N-ethyl adjacent to an activating group) is 1. The van der Waals surface area contributed by atoms with Gasteiger partial charge in [-0.1, -0.05) is 12.8 Å². The Bertz CT molecular complexity index is 501. The Morgan fingerprint density at radius 2 is 2.17 bits per heavy atom. The van der Waals surface area contributed by atoms with Gasteiger partial charge in [0.25, 0.3) is 0 Å². The highest BCUT2D eigenvalue weighted by atomic mass is 35.5. The van der Waals surface area contributed by atoms with E-state index in [1.807, 2.05) is 20.2 Å². The number of amides is 1. The lowest BCUT2D eigenvalue weighted by Crippen LogP contribution is -2.42. The van der Waals surface area contributed by atoms with Crippen molar-refractivity contribution in [3.05, 3.63) is 18.0 Å². The van der Waals surface area contributed by atoms with Gasteiger partial charge in [-0.05, 0) is 38.6 Å². The summed E-state index contributed by atoms with van der Waals surface area (Å²) < 4.78 is 7.25. The van der Waals surface area contributed by atoms with E-state index in [0.717, 1.165) is 31.7 Å². The maximum atomic E-state index is 12.6. The van der Waals surface area contributed by atoms with Crippen LogP contribution in [0.2, 0.25) is 0 Å². The Kier molecular flexibility index (Phi) is 8.73. The van der Waals surface area contributed by atoms with Crippen LogP contribution in [0.4, 0.5) is 0 Å². The first-order chi connectivity index (χ1) is 11.1. The van der Waals surface area contributed by atoms with E-state index in [1.165, 1.54) is 25.7 Å². The van der Waals surface area contributed by atoms with Crippen LogP contribution in [0.1, 0.15) is 50.6 Å². The zero-order chi connectivity index (χ0) is 16.7. The van der Waals surface area contributed by atoms with Crippen LogP contribution in [0.25, 0.3) is 0 Å². The molecular weight excluding hydrogens is 328 g/mol. The zero-order valence-electron chi connectivity index (χ0n) is 15.0. The molecule has 1 aliphatic rings. The lowest BCUT2D eigenvalue weighted by Gasteiger charge is -2.30. The maximum absolute atomic E-state index is 12.6. The lowest BCUT2D eigenvalue weighted by molar-refractivity contribution is -0.123. The summed E-state index contributed by atoms with van der Waals surface area (Å²) in [5, 5.41) is 10.4. The van der Waals surface area contributed by atoms with Gasteiger partial charge in [-0.25, -0.2) is 0 Å². The molecule has 1 aliphatic carbocycles. The van der Waals surface area contributed by atoms with Gasteiger partial charge in [0.1, 0.15) is 6.04 Å². The van der Waals surface area contributed by atoms with Crippen molar-refractivity contribution in [3.63, 3.8) is 0 Å². The molecule has 0 saturated heterocycles. The Morgan fingerprint density at radius 3 is 2.71 bits per heavy atom. The van der Waals surface area contributed by atoms with Gasteiger partial charge in [0, 0.05) is 38.6 Å². The van der Waals surface area contributed by atoms with Crippen molar-refractivity contribution in [2.24, 2.45) is 12.5 Å². The molecule has 0 aromatic carbocycles. The number of halogens is 1. The van der Waals surface area contributed by atoms with Gasteiger partial charge in [-0.3, -0.25) is 9.48 Å². The predicted molar refractivity (Wildman–Crippen MR) is 97.3 cm³/mol. The average Bonchev–Trinajstić information content (AvgIpc) is 3.17. The molecule has 0 spiro atoms. The minimum atomic E-state index is -0.353. The highest BCUT2D eigenvalue weighted by Gasteiger charge is 2.34. The second-order valence-electron chi connectivity index (χ2n) is 6.54. The largest absolute Gasteiger partial charge is 0.382 e. The molecule has 6 nitrogen and oxygen atoms in total. The van der Waals surface area contributed by atoms with Gasteiger partial charge in [-0.2, -0.15) is 5.10 Å². The summed E-state index contributed by atoms with van der Waals surface area (Å²) in [6.45, 7) is 4.29. The molecular formula is C17H31ClN4O2. The number of carbonyl (C=O) groups is 1. The molecule has 0 radical (unpaired) electrons. The standard InChI is InChI=1S/C17H30N4O2.ClH/c1-4-23-10-9-17(7-5-6-8-17)13-19-16(22)15(18-2)14-11-20-21(3)12-14;/h11-12,15,18H,4-10,13H2,1-3H3,(H,19,22);1H. The van der Waals surface area contributed by atoms with E-state index in [9.17, 15) is 4.79 Å². The van der Waals surface area contributed by atoms with Crippen LogP contribution in [0.3, 0.4) is 0 Å². The second kappa shape index (κ2) is 10.0. The molecule has 1 aromatic heterocycles. The third-order valence-corrected chi connectivity index (χ3v) is 4.89. The minimum absolute atomic E-state index is 0. The number of hydrogen-bond acceptors (Lipinski definition) is 4. The first-order valence-corrected chi connectivity index (χ1v) is 8.61. The fraction of sp³-hybridized carbons (Fsp3) is 0.765. The monoisotopic (exact) mass is 358 g/mol. The van der Waals surface area contributed by atoms with Gasteiger partial charge in [-0.15, -0.1) is 12.4 Å². The maximum Gasteiger partial charge on any atom is 0.241 e. The molecule has 7 heteroatoms. The smallest absolute Gasteiger partial charge is 0.241 e. The number of hydrogen-bond donors (Lipinski definition) is 2. The van der Waals surface area contributed by atoms with E-state index in [0.29, 0.717) is 0 Å². The van der Waals surface area contributed by atoms with Crippen LogP contribution in [0.5, 0.6) is 0 Å². The summed E-state index contributed by atoms with van der Waals surface area (Å²) in [6, 6.07) is -0.353. The van der Waals surface area contributed by atoms with Crippen molar-refractivity contribution in [2.75, 3.05) is 26.8 Å². The summed E-state index contributed by atoms with van der Waals surface area (Å²) in [4.78, 5) is 12.6. The van der Waals surface area contributed by atoms with Crippen LogP contribution >= 0.6 is 12.4 Å². The molecule has 24 heavy (non-hydrogen) atoms. The molecule has 0 bridgehead atoms. The van der Waals surface area contributed by atoms with Crippen LogP contribution in [0.15, 0.2) is 12.4 Å². The van der Waals surface area contributed by atoms with E-state index in [4.69, 9.17) is 4.74 Å². The van der Waals surface area contributed by atoms with Crippen LogP contribution in [-0.4, -0.2) is 42.5 Å². The first-order valence-electron chi connectivity index (χ1n) is 8.61. The molecule has 1 amide bonds. The number of ether oxygens (including phenoxy) is 1. The summed E-state index contributed by atoms with van der Waals surface area (Å²) in [6.07, 6.45) is 9.50. The Hall–Kier alpha value is -1.11. The van der Waals surface area contributed by atoms with Gasteiger partial charge < -0.3 is 15.4 Å². The zero-order valence-corrected chi connectivity index (χ0v) is 15.8. The SMILES string of the molecule is CCOCCC1(CNC(=O)C(NC)c2cnn(C)c2)CCCC1.Cl. The summed E-state index contributed by atoms with van der Waals surface area (Å²) >= 11 is 0. The van der Waals surface area contributed by atoms with Gasteiger partial charge in [0.2, 0.25) is 5.91 Å². The molecule has 1 unspecified atom stereocenters. The molecule has 0 aliphatic heterocycles. The molecule has 138 valence electrons. The summed E-state index contributed by atoms with van der Waals surface area (Å²) in [5.74, 6) is 0.0168. The Labute approximate surface area is 151 Å². The Balaban J connectivity index is 0.00000288. The van der Waals surface area contributed by atoms with Crippen molar-refractivity contribution >= 4 is 18.3 Å². The van der Waals surface area contributed by atoms with E-state index >= 15 is 0 Å². The van der Waals surface area contributed by atoms with Crippen molar-refractivity contribution < 1.29 is 9.53 Å². The van der Waals surface area contributed by atoms with Crippen LogP contribution in [-0.2, 0) is 16.6 Å². The molecule has 1 atom stereocenters. The van der Waals surface area contributed by atoms with Crippen molar-refractivity contribution in [3.8, 4) is 0 Å². The number of aromatic nitrogens is 2. The number of rotatable bonds is 9. The fourth-order valence-electron chi connectivity index (χ4n) is 3.49. The average molecular weight is 359 g/mol. The summed E-state index contributed by atoms with van der Waals surface area (Å²) in [7, 11) is 3.66. The quantitative estimate of drug-likeness (QED) is 0.664. The van der Waals surface area contributed by atoms with Gasteiger partial charge >= 0.3 is 0 Å². The molecule has 2 N–H and O–H groups in total. The van der Waals surface area contributed by atoms with Crippen LogP contribution in [0, 0.1) is 5.41 Å². The number of nitrogens with zero attached hydrogens (tertiary/aromatic N) is 2. The Morgan fingerprint density at radius 1 is 1.46 bits per heavy atom. The molecule has 1 saturated carbocycles. The molecule has 2 rings (SSSR count). The highest BCUT2D eigenvalue weighted by molar-refractivity contribution is 5.85. The van der Waals surface area contributed by atoms with Crippen LogP contribution < -0.4 is 10.6 Å². The summed E-state index contributed by atoms with van der Waals surface area (Å²) in [5.41, 5.74) is 1.10. The van der Waals surface area contributed by atoms with E-state index in [2.05, 4.69) is 15.7 Å². The molecule has 1 aromatic rings. The van der Waals surface area contributed by atoms with E-state index in [1.54, 1.807) is 17.9 Å². The lowest BCUT2D eigenvalue weighted by atomic mass is 9.83. The number of aryl methyl sites for hydroxylation is 1. The molecule has 1 fully saturated rings. The van der Waals surface area contributed by atoms with Gasteiger partial charge in [0.05, 0.1) is 6.20 Å². The first kappa shape index (κ1) is 20.9. The fourth-order valence-corrected chi connectivity index (χ4v) is 3.49. The van der Waals surface area contributed by atoms with Gasteiger partial charge in [0.15, 0.2) is 0 Å². The predicted octanol–water partition coefficient (Wildman–Crippen LogP) is 2.21. The normalized spacial score (nSPS) is 17.3. The van der Waals surface area contributed by atoms with Crippen molar-refractivity contribution in [2.45, 2.75) is 45.1 Å². The topological polar surface area (TPSA) is 68.2 Å². The number of carbonyl (C=O) groups excluding carboxylic acids is 1. The second-order valence-corrected chi connectivity index (χ2v) is 6.54. The minimum Gasteiger partial charge on any atom is -0.382 e. The number of nitrogens with one attached hydrogen (secondary N) is 2.